The summed E-state index contributed by atoms with van der Waals surface area (Å²) in [5.41, 5.74) is 0. The first-order valence-electron chi connectivity index (χ1n) is 3.78. The third-order valence-corrected chi connectivity index (χ3v) is 1.42. The average Bonchev–Trinajstić information content (AvgIpc) is 2.00. The normalized spacial score (nSPS) is 14.2. The standard InChI is InChI=1S/C8H13ClO3/c1-3-12-8(11)7(9)5-4-6(2)10/h5-6,10H,3-4H2,1-2H3. The number of esters is 1. The van der Waals surface area contributed by atoms with Crippen LogP contribution in [0, 0.1) is 0 Å². The lowest BCUT2D eigenvalue weighted by Gasteiger charge is -2.00. The van der Waals surface area contributed by atoms with E-state index >= 15 is 0 Å². The maximum Gasteiger partial charge on any atom is 0.349 e. The van der Waals surface area contributed by atoms with E-state index in [9.17, 15) is 4.79 Å². The summed E-state index contributed by atoms with van der Waals surface area (Å²) in [5, 5.41) is 8.88. The van der Waals surface area contributed by atoms with Crippen LogP contribution in [0.4, 0.5) is 0 Å². The molecule has 0 fully saturated rings. The molecule has 0 spiro atoms. The van der Waals surface area contributed by atoms with Gasteiger partial charge in [-0.05, 0) is 20.3 Å². The van der Waals surface area contributed by atoms with Gasteiger partial charge in [-0.15, -0.1) is 0 Å². The van der Waals surface area contributed by atoms with E-state index in [0.717, 1.165) is 0 Å². The first kappa shape index (κ1) is 11.5. The molecule has 0 aromatic heterocycles. The quantitative estimate of drug-likeness (QED) is 0.542. The third kappa shape index (κ3) is 5.16. The minimum Gasteiger partial charge on any atom is -0.462 e. The zero-order valence-electron chi connectivity index (χ0n) is 7.21. The molecule has 1 atom stereocenters. The predicted octanol–water partition coefficient (Wildman–Crippen LogP) is 1.44. The van der Waals surface area contributed by atoms with E-state index in [2.05, 4.69) is 4.74 Å². The lowest BCUT2D eigenvalue weighted by atomic mass is 10.3. The van der Waals surface area contributed by atoms with Crippen LogP contribution in [0.3, 0.4) is 0 Å². The Hall–Kier alpha value is -0.540. The van der Waals surface area contributed by atoms with Crippen LogP contribution in [0.2, 0.25) is 0 Å². The molecule has 4 heteroatoms. The van der Waals surface area contributed by atoms with Gasteiger partial charge in [-0.2, -0.15) is 0 Å². The second-order valence-corrected chi connectivity index (χ2v) is 2.76. The maximum absolute atomic E-state index is 10.9. The molecule has 0 aliphatic carbocycles. The minimum atomic E-state index is -0.542. The van der Waals surface area contributed by atoms with Gasteiger partial charge >= 0.3 is 5.97 Å². The fourth-order valence-corrected chi connectivity index (χ4v) is 0.701. The Labute approximate surface area is 77.0 Å². The number of rotatable bonds is 4. The van der Waals surface area contributed by atoms with E-state index in [-0.39, 0.29) is 5.03 Å². The molecule has 0 aliphatic heterocycles. The van der Waals surface area contributed by atoms with E-state index in [4.69, 9.17) is 16.7 Å². The van der Waals surface area contributed by atoms with Crippen molar-refractivity contribution in [2.45, 2.75) is 26.4 Å². The van der Waals surface area contributed by atoms with Crippen LogP contribution in [0.15, 0.2) is 11.1 Å². The van der Waals surface area contributed by atoms with Crippen molar-refractivity contribution in [1.82, 2.24) is 0 Å². The zero-order chi connectivity index (χ0) is 9.56. The molecule has 0 saturated heterocycles. The summed E-state index contributed by atoms with van der Waals surface area (Å²) in [5.74, 6) is -0.542. The van der Waals surface area contributed by atoms with Crippen molar-refractivity contribution in [2.75, 3.05) is 6.61 Å². The number of hydrogen-bond acceptors (Lipinski definition) is 3. The largest absolute Gasteiger partial charge is 0.462 e. The van der Waals surface area contributed by atoms with Crippen molar-refractivity contribution >= 4 is 17.6 Å². The highest BCUT2D eigenvalue weighted by Crippen LogP contribution is 2.06. The Morgan fingerprint density at radius 1 is 1.75 bits per heavy atom. The molecule has 70 valence electrons. The summed E-state index contributed by atoms with van der Waals surface area (Å²) in [6.07, 6.45) is 1.31. The average molecular weight is 193 g/mol. The van der Waals surface area contributed by atoms with Crippen molar-refractivity contribution in [3.05, 3.63) is 11.1 Å². The molecule has 0 aromatic carbocycles. The smallest absolute Gasteiger partial charge is 0.349 e. The summed E-state index contributed by atoms with van der Waals surface area (Å²) in [6.45, 7) is 3.63. The van der Waals surface area contributed by atoms with E-state index in [1.807, 2.05) is 0 Å². The van der Waals surface area contributed by atoms with Crippen LogP contribution in [0.5, 0.6) is 0 Å². The number of halogens is 1. The molecular formula is C8H13ClO3. The molecule has 0 saturated carbocycles. The third-order valence-electron chi connectivity index (χ3n) is 1.11. The van der Waals surface area contributed by atoms with Gasteiger partial charge in [0.15, 0.2) is 0 Å². The molecule has 0 rings (SSSR count). The monoisotopic (exact) mass is 192 g/mol. The van der Waals surface area contributed by atoms with Crippen LogP contribution in [0.1, 0.15) is 20.3 Å². The van der Waals surface area contributed by atoms with Crippen molar-refractivity contribution < 1.29 is 14.6 Å². The molecule has 3 nitrogen and oxygen atoms in total. The summed E-state index contributed by atoms with van der Waals surface area (Å²) >= 11 is 5.53. The number of carbonyl (C=O) groups excluding carboxylic acids is 1. The fraction of sp³-hybridized carbons (Fsp3) is 0.625. The van der Waals surface area contributed by atoms with Gasteiger partial charge in [0.05, 0.1) is 12.7 Å². The molecule has 0 aliphatic rings. The van der Waals surface area contributed by atoms with E-state index < -0.39 is 12.1 Å². The molecule has 0 radical (unpaired) electrons. The minimum absolute atomic E-state index is 0.0257. The van der Waals surface area contributed by atoms with Crippen molar-refractivity contribution in [2.24, 2.45) is 0 Å². The molecule has 0 amide bonds. The highest BCUT2D eigenvalue weighted by molar-refractivity contribution is 6.41. The zero-order valence-corrected chi connectivity index (χ0v) is 7.97. The van der Waals surface area contributed by atoms with Gasteiger partial charge in [-0.1, -0.05) is 17.7 Å². The number of aliphatic hydroxyl groups is 1. The van der Waals surface area contributed by atoms with Gasteiger partial charge in [0.25, 0.3) is 0 Å². The Bertz CT molecular complexity index is 175. The van der Waals surface area contributed by atoms with Gasteiger partial charge in [0.1, 0.15) is 5.03 Å². The number of ether oxygens (including phenoxy) is 1. The summed E-state index contributed by atoms with van der Waals surface area (Å²) < 4.78 is 4.62. The second kappa shape index (κ2) is 6.03. The molecule has 1 N–H and O–H groups in total. The molecular weight excluding hydrogens is 180 g/mol. The lowest BCUT2D eigenvalue weighted by molar-refractivity contribution is -0.137. The number of aliphatic hydroxyl groups excluding tert-OH is 1. The highest BCUT2D eigenvalue weighted by atomic mass is 35.5. The molecule has 0 aromatic rings. The van der Waals surface area contributed by atoms with Crippen LogP contribution in [-0.2, 0) is 9.53 Å². The molecule has 12 heavy (non-hydrogen) atoms. The van der Waals surface area contributed by atoms with Crippen LogP contribution in [0.25, 0.3) is 0 Å². The fourth-order valence-electron chi connectivity index (χ4n) is 0.557. The van der Waals surface area contributed by atoms with Crippen molar-refractivity contribution in [3.8, 4) is 0 Å². The van der Waals surface area contributed by atoms with E-state index in [0.29, 0.717) is 13.0 Å². The van der Waals surface area contributed by atoms with Gasteiger partial charge < -0.3 is 9.84 Å². The first-order chi connectivity index (χ1) is 5.57. The Morgan fingerprint density at radius 2 is 2.33 bits per heavy atom. The number of carbonyl (C=O) groups is 1. The summed E-state index contributed by atoms with van der Waals surface area (Å²) in [6, 6.07) is 0. The van der Waals surface area contributed by atoms with Gasteiger partial charge in [-0.25, -0.2) is 4.79 Å². The Morgan fingerprint density at radius 3 is 2.75 bits per heavy atom. The van der Waals surface area contributed by atoms with Crippen LogP contribution in [-0.4, -0.2) is 23.8 Å². The lowest BCUT2D eigenvalue weighted by Crippen LogP contribution is -2.05. The Balaban J connectivity index is 3.90. The van der Waals surface area contributed by atoms with Gasteiger partial charge in [0, 0.05) is 0 Å². The summed E-state index contributed by atoms with van der Waals surface area (Å²) in [4.78, 5) is 10.9. The van der Waals surface area contributed by atoms with Crippen LogP contribution < -0.4 is 0 Å². The maximum atomic E-state index is 10.9. The van der Waals surface area contributed by atoms with Gasteiger partial charge in [-0.3, -0.25) is 0 Å². The SMILES string of the molecule is CCOC(=O)C(Cl)=CCC(C)O. The highest BCUT2D eigenvalue weighted by Gasteiger charge is 2.06. The van der Waals surface area contributed by atoms with E-state index in [1.165, 1.54) is 6.08 Å². The molecule has 0 bridgehead atoms. The van der Waals surface area contributed by atoms with E-state index in [1.54, 1.807) is 13.8 Å². The van der Waals surface area contributed by atoms with Gasteiger partial charge in [0.2, 0.25) is 0 Å². The second-order valence-electron chi connectivity index (χ2n) is 2.36. The Kier molecular flexibility index (Phi) is 5.76. The number of hydrogen-bond donors (Lipinski definition) is 1. The molecule has 1 unspecified atom stereocenters. The summed E-state index contributed by atoms with van der Waals surface area (Å²) in [7, 11) is 0. The topological polar surface area (TPSA) is 46.5 Å². The first-order valence-corrected chi connectivity index (χ1v) is 4.16. The van der Waals surface area contributed by atoms with Crippen molar-refractivity contribution in [1.29, 1.82) is 0 Å². The molecule has 0 heterocycles. The predicted molar refractivity (Wildman–Crippen MR) is 46.9 cm³/mol. The van der Waals surface area contributed by atoms with Crippen molar-refractivity contribution in [3.63, 3.8) is 0 Å². The van der Waals surface area contributed by atoms with Crippen LogP contribution >= 0.6 is 11.6 Å².